The van der Waals surface area contributed by atoms with E-state index in [0.29, 0.717) is 25.8 Å². The maximum absolute atomic E-state index is 12.0. The highest BCUT2D eigenvalue weighted by molar-refractivity contribution is 5.86. The molecule has 154 valence electrons. The van der Waals surface area contributed by atoms with Crippen LogP contribution in [0.2, 0.25) is 0 Å². The summed E-state index contributed by atoms with van der Waals surface area (Å²) in [6, 6.07) is 7.85. The number of carbonyl (C=O) groups is 3. The minimum Gasteiger partial charge on any atom is -0.481 e. The quantitative estimate of drug-likeness (QED) is 0.343. The molecule has 0 unspecified atom stereocenters. The Labute approximate surface area is 167 Å². The number of unbranched alkanes of at least 4 members (excludes halogenated alkanes) is 1. The third kappa shape index (κ3) is 8.84. The van der Waals surface area contributed by atoms with Crippen molar-refractivity contribution >= 4 is 17.8 Å². The lowest BCUT2D eigenvalue weighted by Crippen LogP contribution is -2.23. The van der Waals surface area contributed by atoms with E-state index in [-0.39, 0.29) is 24.3 Å². The van der Waals surface area contributed by atoms with Gasteiger partial charge in [0.05, 0.1) is 12.3 Å². The number of ether oxygens (including phenoxy) is 1. The van der Waals surface area contributed by atoms with Crippen LogP contribution in [0.25, 0.3) is 0 Å². The number of carboxylic acid groups (broad SMARTS) is 1. The molecule has 0 aromatic heterocycles. The van der Waals surface area contributed by atoms with E-state index in [0.717, 1.165) is 5.56 Å². The number of rotatable bonds is 11. The first kappa shape index (κ1) is 23.4. The van der Waals surface area contributed by atoms with Crippen LogP contribution in [-0.4, -0.2) is 29.5 Å². The predicted molar refractivity (Wildman–Crippen MR) is 108 cm³/mol. The van der Waals surface area contributed by atoms with Crippen molar-refractivity contribution < 1.29 is 24.2 Å². The van der Waals surface area contributed by atoms with Crippen molar-refractivity contribution in [3.05, 3.63) is 48.0 Å². The average Bonchev–Trinajstić information content (AvgIpc) is 2.64. The molecule has 0 bridgehead atoms. The molecule has 0 aliphatic rings. The molecule has 0 spiro atoms. The second kappa shape index (κ2) is 11.3. The molecule has 2 N–H and O–H groups in total. The van der Waals surface area contributed by atoms with Gasteiger partial charge in [-0.2, -0.15) is 0 Å². The highest BCUT2D eigenvalue weighted by atomic mass is 16.5. The van der Waals surface area contributed by atoms with Gasteiger partial charge in [-0.3, -0.25) is 14.4 Å². The summed E-state index contributed by atoms with van der Waals surface area (Å²) in [7, 11) is 0. The van der Waals surface area contributed by atoms with Gasteiger partial charge in [0, 0.05) is 6.54 Å². The van der Waals surface area contributed by atoms with Gasteiger partial charge >= 0.3 is 11.9 Å². The Morgan fingerprint density at radius 3 is 2.36 bits per heavy atom. The lowest BCUT2D eigenvalue weighted by molar-refractivity contribution is -0.152. The van der Waals surface area contributed by atoms with Crippen molar-refractivity contribution in [2.75, 3.05) is 6.54 Å². The molecular weight excluding hydrogens is 358 g/mol. The van der Waals surface area contributed by atoms with Crippen molar-refractivity contribution in [2.24, 2.45) is 5.92 Å². The zero-order chi connectivity index (χ0) is 21.2. The van der Waals surface area contributed by atoms with Crippen molar-refractivity contribution in [3.63, 3.8) is 0 Å². The van der Waals surface area contributed by atoms with Crippen LogP contribution >= 0.6 is 0 Å². The third-order valence-electron chi connectivity index (χ3n) is 4.45. The molecule has 0 aliphatic heterocycles. The van der Waals surface area contributed by atoms with Crippen LogP contribution in [0.1, 0.15) is 57.6 Å². The van der Waals surface area contributed by atoms with Gasteiger partial charge in [-0.15, -0.1) is 0 Å². The predicted octanol–water partition coefficient (Wildman–Crippen LogP) is 3.59. The topological polar surface area (TPSA) is 92.7 Å². The first-order valence-corrected chi connectivity index (χ1v) is 9.51. The Hall–Kier alpha value is -2.63. The summed E-state index contributed by atoms with van der Waals surface area (Å²) in [6.45, 7) is 10.3. The van der Waals surface area contributed by atoms with Gasteiger partial charge < -0.3 is 15.2 Å². The zero-order valence-electron chi connectivity index (χ0n) is 17.0. The fourth-order valence-corrected chi connectivity index (χ4v) is 2.64. The Morgan fingerprint density at radius 1 is 1.18 bits per heavy atom. The number of nitrogens with one attached hydrogen (secondary N) is 1. The molecule has 6 heteroatoms. The summed E-state index contributed by atoms with van der Waals surface area (Å²) in [5, 5.41) is 11.9. The molecule has 1 atom stereocenters. The second-order valence-electron chi connectivity index (χ2n) is 7.84. The molecule has 0 fully saturated rings. The number of benzene rings is 1. The monoisotopic (exact) mass is 389 g/mol. The van der Waals surface area contributed by atoms with Gasteiger partial charge in [0.2, 0.25) is 5.91 Å². The van der Waals surface area contributed by atoms with E-state index in [2.05, 4.69) is 32.7 Å². The van der Waals surface area contributed by atoms with Crippen molar-refractivity contribution in [1.29, 1.82) is 0 Å². The fourth-order valence-electron chi connectivity index (χ4n) is 2.64. The average molecular weight is 389 g/mol. The normalized spacial score (nSPS) is 12.1. The van der Waals surface area contributed by atoms with E-state index in [1.54, 1.807) is 0 Å². The van der Waals surface area contributed by atoms with E-state index in [9.17, 15) is 19.5 Å². The van der Waals surface area contributed by atoms with Crippen LogP contribution in [-0.2, 0) is 31.1 Å². The first-order valence-electron chi connectivity index (χ1n) is 9.51. The van der Waals surface area contributed by atoms with Crippen LogP contribution in [0.5, 0.6) is 0 Å². The SMILES string of the molecule is C=CC(=O)NCCCC[C@H](CC(=O)OCc1ccc(C(C)(C)C)cc1)C(=O)O. The largest absolute Gasteiger partial charge is 0.481 e. The van der Waals surface area contributed by atoms with E-state index in [1.165, 1.54) is 11.6 Å². The van der Waals surface area contributed by atoms with Gasteiger partial charge in [-0.25, -0.2) is 0 Å². The second-order valence-corrected chi connectivity index (χ2v) is 7.84. The fraction of sp³-hybridized carbons (Fsp3) is 0.500. The Kier molecular flexibility index (Phi) is 9.42. The minimum absolute atomic E-state index is 0.0540. The summed E-state index contributed by atoms with van der Waals surface area (Å²) >= 11 is 0. The number of amides is 1. The van der Waals surface area contributed by atoms with E-state index < -0.39 is 17.9 Å². The Balaban J connectivity index is 2.40. The Bertz CT molecular complexity index is 673. The van der Waals surface area contributed by atoms with Gasteiger partial charge in [-0.05, 0) is 35.5 Å². The van der Waals surface area contributed by atoms with Gasteiger partial charge in [0.1, 0.15) is 6.61 Å². The molecule has 0 saturated heterocycles. The first-order chi connectivity index (χ1) is 13.1. The maximum Gasteiger partial charge on any atom is 0.307 e. The molecule has 0 saturated carbocycles. The summed E-state index contributed by atoms with van der Waals surface area (Å²) in [5.74, 6) is -2.58. The molecule has 1 amide bonds. The number of hydrogen-bond donors (Lipinski definition) is 2. The smallest absolute Gasteiger partial charge is 0.307 e. The molecule has 0 heterocycles. The van der Waals surface area contributed by atoms with Crippen molar-refractivity contribution in [1.82, 2.24) is 5.32 Å². The van der Waals surface area contributed by atoms with E-state index in [4.69, 9.17) is 4.74 Å². The molecule has 1 rings (SSSR count). The number of carbonyl (C=O) groups excluding carboxylic acids is 2. The van der Waals surface area contributed by atoms with Crippen LogP contribution in [0, 0.1) is 5.92 Å². The summed E-state index contributed by atoms with van der Waals surface area (Å²) in [5.41, 5.74) is 2.11. The summed E-state index contributed by atoms with van der Waals surface area (Å²) in [4.78, 5) is 34.4. The standard InChI is InChI=1S/C22H31NO5/c1-5-19(24)23-13-7-6-8-17(21(26)27)14-20(25)28-15-16-9-11-18(12-10-16)22(2,3)4/h5,9-12,17H,1,6-8,13-15H2,2-4H3,(H,23,24)(H,26,27)/t17-/m1/s1. The highest BCUT2D eigenvalue weighted by Crippen LogP contribution is 2.22. The molecule has 6 nitrogen and oxygen atoms in total. The molecule has 1 aromatic carbocycles. The van der Waals surface area contributed by atoms with E-state index in [1.807, 2.05) is 24.3 Å². The van der Waals surface area contributed by atoms with Crippen LogP contribution in [0.15, 0.2) is 36.9 Å². The number of carboxylic acids is 1. The van der Waals surface area contributed by atoms with Crippen molar-refractivity contribution in [3.8, 4) is 0 Å². The lowest BCUT2D eigenvalue weighted by atomic mass is 9.87. The number of hydrogen-bond acceptors (Lipinski definition) is 4. The van der Waals surface area contributed by atoms with E-state index >= 15 is 0 Å². The number of aliphatic carboxylic acids is 1. The van der Waals surface area contributed by atoms with Crippen LogP contribution in [0.4, 0.5) is 0 Å². The molecule has 1 aromatic rings. The molecule has 0 radical (unpaired) electrons. The Morgan fingerprint density at radius 2 is 1.82 bits per heavy atom. The minimum atomic E-state index is -1.01. The highest BCUT2D eigenvalue weighted by Gasteiger charge is 2.22. The van der Waals surface area contributed by atoms with Gasteiger partial charge in [0.15, 0.2) is 0 Å². The van der Waals surface area contributed by atoms with Crippen LogP contribution < -0.4 is 5.32 Å². The summed E-state index contributed by atoms with van der Waals surface area (Å²) in [6.07, 6.45) is 2.62. The van der Waals surface area contributed by atoms with Gasteiger partial charge in [0.25, 0.3) is 0 Å². The molecule has 0 aliphatic carbocycles. The number of esters is 1. The summed E-state index contributed by atoms with van der Waals surface area (Å²) < 4.78 is 5.24. The molecular formula is C22H31NO5. The van der Waals surface area contributed by atoms with Crippen LogP contribution in [0.3, 0.4) is 0 Å². The van der Waals surface area contributed by atoms with Gasteiger partial charge in [-0.1, -0.05) is 58.0 Å². The maximum atomic E-state index is 12.0. The lowest BCUT2D eigenvalue weighted by Gasteiger charge is -2.19. The zero-order valence-corrected chi connectivity index (χ0v) is 17.0. The van der Waals surface area contributed by atoms with Crippen molar-refractivity contribution in [2.45, 2.75) is 58.5 Å². The third-order valence-corrected chi connectivity index (χ3v) is 4.45. The molecule has 28 heavy (non-hydrogen) atoms.